The molecule has 3 aromatic rings. The molecule has 3 heterocycles. The molecule has 0 bridgehead atoms. The molecule has 0 fully saturated rings. The number of aryl methyl sites for hydroxylation is 1. The Hall–Kier alpha value is -4.09. The summed E-state index contributed by atoms with van der Waals surface area (Å²) in [5, 5.41) is 6.86. The number of fused-ring (bicyclic) bond motifs is 1. The summed E-state index contributed by atoms with van der Waals surface area (Å²) in [5.41, 5.74) is -0.539. The highest BCUT2D eigenvalue weighted by molar-refractivity contribution is 6.07. The zero-order valence-electron chi connectivity index (χ0n) is 19.1. The molecule has 184 valence electrons. The van der Waals surface area contributed by atoms with Gasteiger partial charge >= 0.3 is 6.18 Å². The van der Waals surface area contributed by atoms with Crippen molar-refractivity contribution in [3.8, 4) is 11.5 Å². The number of hydrogen-bond donors (Lipinski definition) is 1. The minimum atomic E-state index is -4.78. The summed E-state index contributed by atoms with van der Waals surface area (Å²) in [6.45, 7) is 0.204. The molecule has 2 aromatic heterocycles. The van der Waals surface area contributed by atoms with Gasteiger partial charge in [0.25, 0.3) is 11.8 Å². The van der Waals surface area contributed by atoms with Gasteiger partial charge in [-0.15, -0.1) is 0 Å². The lowest BCUT2D eigenvalue weighted by Gasteiger charge is -2.32. The van der Waals surface area contributed by atoms with E-state index in [9.17, 15) is 22.8 Å². The van der Waals surface area contributed by atoms with Crippen LogP contribution in [0, 0.1) is 0 Å². The number of halogens is 3. The fourth-order valence-corrected chi connectivity index (χ4v) is 4.09. The molecule has 0 aliphatic carbocycles. The highest BCUT2D eigenvalue weighted by atomic mass is 19.4. The van der Waals surface area contributed by atoms with E-state index in [1.54, 1.807) is 25.2 Å². The second kappa shape index (κ2) is 9.28. The average Bonchev–Trinajstić information content (AvgIpc) is 3.24. The van der Waals surface area contributed by atoms with Crippen molar-refractivity contribution in [2.75, 3.05) is 25.7 Å². The largest absolute Gasteiger partial charge is 0.493 e. The molecule has 12 heteroatoms. The highest BCUT2D eigenvalue weighted by Gasteiger charge is 2.38. The third-order valence-corrected chi connectivity index (χ3v) is 5.73. The van der Waals surface area contributed by atoms with E-state index in [4.69, 9.17) is 9.47 Å². The number of nitrogens with one attached hydrogen (secondary N) is 1. The second-order valence-corrected chi connectivity index (χ2v) is 7.78. The number of carbonyl (C=O) groups is 2. The van der Waals surface area contributed by atoms with Crippen LogP contribution in [0.1, 0.15) is 44.6 Å². The van der Waals surface area contributed by atoms with Crippen molar-refractivity contribution >= 4 is 17.5 Å². The number of carbonyl (C=O) groups excluding carboxylic acids is 2. The van der Waals surface area contributed by atoms with E-state index in [2.05, 4.69) is 15.4 Å². The fraction of sp³-hybridized carbons (Fsp3) is 0.304. The lowest BCUT2D eigenvalue weighted by Crippen LogP contribution is -2.41. The van der Waals surface area contributed by atoms with Gasteiger partial charge in [0.2, 0.25) is 0 Å². The van der Waals surface area contributed by atoms with Gasteiger partial charge in [-0.3, -0.25) is 19.3 Å². The van der Waals surface area contributed by atoms with Crippen LogP contribution in [0.5, 0.6) is 11.5 Å². The maximum absolute atomic E-state index is 13.3. The van der Waals surface area contributed by atoms with E-state index in [-0.39, 0.29) is 18.9 Å². The van der Waals surface area contributed by atoms with Gasteiger partial charge in [0.05, 0.1) is 43.4 Å². The minimum Gasteiger partial charge on any atom is -0.493 e. The second-order valence-electron chi connectivity index (χ2n) is 7.78. The lowest BCUT2D eigenvalue weighted by atomic mass is 10.0. The number of hydrogen-bond acceptors (Lipinski definition) is 6. The number of ether oxygens (including phenoxy) is 2. The molecule has 2 amide bonds. The third kappa shape index (κ3) is 4.51. The highest BCUT2D eigenvalue weighted by Crippen LogP contribution is 2.36. The van der Waals surface area contributed by atoms with Crippen LogP contribution in [0.25, 0.3) is 0 Å². The van der Waals surface area contributed by atoms with Gasteiger partial charge in [-0.05, 0) is 36.8 Å². The minimum absolute atomic E-state index is 0.204. The predicted octanol–water partition coefficient (Wildman–Crippen LogP) is 3.37. The van der Waals surface area contributed by atoms with Crippen LogP contribution in [0.3, 0.4) is 0 Å². The van der Waals surface area contributed by atoms with Crippen LogP contribution in [0.2, 0.25) is 0 Å². The lowest BCUT2D eigenvalue weighted by molar-refractivity contribution is -0.141. The van der Waals surface area contributed by atoms with E-state index in [0.29, 0.717) is 28.4 Å². The van der Waals surface area contributed by atoms with E-state index in [0.717, 1.165) is 12.3 Å². The number of anilines is 1. The van der Waals surface area contributed by atoms with E-state index in [1.165, 1.54) is 36.1 Å². The Bertz CT molecular complexity index is 1270. The summed E-state index contributed by atoms with van der Waals surface area (Å²) in [7, 11) is 4.59. The Balaban J connectivity index is 1.62. The van der Waals surface area contributed by atoms with Crippen molar-refractivity contribution < 1.29 is 32.2 Å². The number of benzene rings is 1. The van der Waals surface area contributed by atoms with Crippen LogP contribution in [-0.4, -0.2) is 47.3 Å². The van der Waals surface area contributed by atoms with Crippen molar-refractivity contribution in [1.29, 1.82) is 0 Å². The molecule has 1 aliphatic rings. The monoisotopic (exact) mass is 489 g/mol. The van der Waals surface area contributed by atoms with Crippen LogP contribution < -0.4 is 19.7 Å². The van der Waals surface area contributed by atoms with Gasteiger partial charge in [0.1, 0.15) is 0 Å². The number of aromatic nitrogens is 3. The molecule has 0 radical (unpaired) electrons. The molecule has 4 rings (SSSR count). The third-order valence-electron chi connectivity index (χ3n) is 5.73. The first kappa shape index (κ1) is 24.0. The topological polar surface area (TPSA) is 98.6 Å². The van der Waals surface area contributed by atoms with E-state index >= 15 is 0 Å². The van der Waals surface area contributed by atoms with Gasteiger partial charge in [-0.1, -0.05) is 0 Å². The van der Waals surface area contributed by atoms with Crippen LogP contribution >= 0.6 is 0 Å². The predicted molar refractivity (Wildman–Crippen MR) is 118 cm³/mol. The van der Waals surface area contributed by atoms with Gasteiger partial charge in [-0.2, -0.15) is 18.3 Å². The molecule has 1 aliphatic heterocycles. The van der Waals surface area contributed by atoms with Crippen LogP contribution in [-0.2, 0) is 13.2 Å². The van der Waals surface area contributed by atoms with E-state index < -0.39 is 29.4 Å². The van der Waals surface area contributed by atoms with Gasteiger partial charge in [0, 0.05) is 25.4 Å². The van der Waals surface area contributed by atoms with Crippen molar-refractivity contribution in [1.82, 2.24) is 20.1 Å². The fourth-order valence-electron chi connectivity index (χ4n) is 4.09. The van der Waals surface area contributed by atoms with Crippen molar-refractivity contribution in [2.24, 2.45) is 7.05 Å². The van der Waals surface area contributed by atoms with Crippen LogP contribution in [0.15, 0.2) is 42.7 Å². The zero-order chi connectivity index (χ0) is 25.3. The molecular weight excluding hydrogens is 467 g/mol. The molecule has 1 atom stereocenters. The number of methoxy groups -OCH3 is 2. The molecule has 0 saturated heterocycles. The van der Waals surface area contributed by atoms with E-state index in [1.807, 2.05) is 0 Å². The van der Waals surface area contributed by atoms with Crippen molar-refractivity contribution in [3.05, 3.63) is 65.2 Å². The average molecular weight is 489 g/mol. The summed E-state index contributed by atoms with van der Waals surface area (Å²) in [4.78, 5) is 31.0. The number of pyridine rings is 1. The van der Waals surface area contributed by atoms with Gasteiger partial charge in [-0.25, -0.2) is 0 Å². The summed E-state index contributed by atoms with van der Waals surface area (Å²) in [6, 6.07) is 6.46. The van der Waals surface area contributed by atoms with Crippen molar-refractivity contribution in [3.63, 3.8) is 0 Å². The molecule has 35 heavy (non-hydrogen) atoms. The maximum Gasteiger partial charge on any atom is 0.434 e. The maximum atomic E-state index is 13.3. The quantitative estimate of drug-likeness (QED) is 0.590. The molecule has 1 unspecified atom stereocenters. The van der Waals surface area contributed by atoms with Gasteiger partial charge < -0.3 is 19.7 Å². The molecule has 0 spiro atoms. The number of nitrogens with zero attached hydrogens (tertiary/aromatic N) is 4. The SMILES string of the molecule is COc1ccc(C(=O)N2CCC(NC(=O)c3cccnc3C(F)(F)F)c3c2cnn3C)cc1OC. The standard InChI is InChI=1S/C23H22F3N5O4/c1-30-19-15(29-21(32)14-5-4-9-27-20(14)23(24,25)26)8-10-31(16(19)12-28-30)22(33)13-6-7-17(34-2)18(11-13)35-3/h4-7,9,11-12,15H,8,10H2,1-3H3,(H,29,32). The molecule has 9 nitrogen and oxygen atoms in total. The molecule has 0 saturated carbocycles. The van der Waals surface area contributed by atoms with Crippen LogP contribution in [0.4, 0.5) is 18.9 Å². The first-order chi connectivity index (χ1) is 16.7. The number of rotatable bonds is 5. The Kier molecular flexibility index (Phi) is 6.37. The summed E-state index contributed by atoms with van der Waals surface area (Å²) < 4.78 is 52.0. The molecule has 1 N–H and O–H groups in total. The van der Waals surface area contributed by atoms with Gasteiger partial charge in [0.15, 0.2) is 17.2 Å². The van der Waals surface area contributed by atoms with Crippen molar-refractivity contribution in [2.45, 2.75) is 18.6 Å². The molecule has 1 aromatic carbocycles. The summed E-state index contributed by atoms with van der Waals surface area (Å²) in [6.07, 6.45) is -2.05. The molecular formula is C23H22F3N5O4. The number of amides is 2. The Morgan fingerprint density at radius 1 is 1.14 bits per heavy atom. The first-order valence-corrected chi connectivity index (χ1v) is 10.5. The zero-order valence-corrected chi connectivity index (χ0v) is 19.1. The summed E-state index contributed by atoms with van der Waals surface area (Å²) in [5.74, 6) is -0.371. The summed E-state index contributed by atoms with van der Waals surface area (Å²) >= 11 is 0. The first-order valence-electron chi connectivity index (χ1n) is 10.5. The Morgan fingerprint density at radius 3 is 2.57 bits per heavy atom. The Labute approximate surface area is 198 Å². The Morgan fingerprint density at radius 2 is 1.89 bits per heavy atom. The normalized spacial score (nSPS) is 15.4. The number of alkyl halides is 3. The smallest absolute Gasteiger partial charge is 0.434 e.